The third kappa shape index (κ3) is 5.12. The third-order valence-electron chi connectivity index (χ3n) is 3.52. The highest BCUT2D eigenvalue weighted by Gasteiger charge is 2.15. The van der Waals surface area contributed by atoms with Crippen LogP contribution >= 0.6 is 22.9 Å². The molecule has 1 atom stereocenters. The predicted octanol–water partition coefficient (Wildman–Crippen LogP) is 3.20. The number of carbonyl (C=O) groups excluding carboxylic acids is 1. The van der Waals surface area contributed by atoms with E-state index in [1.54, 1.807) is 25.3 Å². The molecule has 0 saturated carbocycles. The van der Waals surface area contributed by atoms with Crippen molar-refractivity contribution in [2.75, 3.05) is 20.8 Å². The molecule has 0 radical (unpaired) electrons. The van der Waals surface area contributed by atoms with Gasteiger partial charge in [0.25, 0.3) is 0 Å². The minimum Gasteiger partial charge on any atom is -0.497 e. The molecule has 5 nitrogen and oxygen atoms in total. The highest BCUT2D eigenvalue weighted by atomic mass is 35.5. The second-order valence-electron chi connectivity index (χ2n) is 5.13. The zero-order chi connectivity index (χ0) is 17.5. The average Bonchev–Trinajstić information content (AvgIpc) is 3.02. The van der Waals surface area contributed by atoms with Crippen LogP contribution in [0.2, 0.25) is 4.34 Å². The first-order valence-electron chi connectivity index (χ1n) is 7.44. The van der Waals surface area contributed by atoms with Gasteiger partial charge >= 0.3 is 0 Å². The SMILES string of the molecule is COc1ccc(OC)c([C@H](O)CNC(=O)CCc2ccc(Cl)s2)c1. The number of aryl methyl sites for hydroxylation is 1. The van der Waals surface area contributed by atoms with Crippen molar-refractivity contribution in [1.82, 2.24) is 5.32 Å². The van der Waals surface area contributed by atoms with Crippen molar-refractivity contribution in [3.63, 3.8) is 0 Å². The molecular weight excluding hydrogens is 350 g/mol. The third-order valence-corrected chi connectivity index (χ3v) is 4.81. The lowest BCUT2D eigenvalue weighted by Crippen LogP contribution is -2.28. The van der Waals surface area contributed by atoms with Crippen LogP contribution in [-0.4, -0.2) is 31.8 Å². The van der Waals surface area contributed by atoms with E-state index in [2.05, 4.69) is 5.32 Å². The smallest absolute Gasteiger partial charge is 0.220 e. The van der Waals surface area contributed by atoms with Crippen molar-refractivity contribution in [2.24, 2.45) is 0 Å². The highest BCUT2D eigenvalue weighted by Crippen LogP contribution is 2.29. The summed E-state index contributed by atoms with van der Waals surface area (Å²) < 4.78 is 11.1. The molecule has 0 fully saturated rings. The van der Waals surface area contributed by atoms with Gasteiger partial charge < -0.3 is 19.9 Å². The number of aliphatic hydroxyl groups is 1. The van der Waals surface area contributed by atoms with Crippen molar-refractivity contribution in [3.05, 3.63) is 45.1 Å². The summed E-state index contributed by atoms with van der Waals surface area (Å²) >= 11 is 7.33. The molecular formula is C17H20ClNO4S. The van der Waals surface area contributed by atoms with Crippen molar-refractivity contribution in [2.45, 2.75) is 18.9 Å². The van der Waals surface area contributed by atoms with Gasteiger partial charge in [-0.1, -0.05) is 11.6 Å². The number of amides is 1. The molecule has 1 aromatic carbocycles. The van der Waals surface area contributed by atoms with Crippen molar-refractivity contribution < 1.29 is 19.4 Å². The van der Waals surface area contributed by atoms with Crippen LogP contribution in [0.4, 0.5) is 0 Å². The largest absolute Gasteiger partial charge is 0.497 e. The second kappa shape index (κ2) is 8.92. The number of methoxy groups -OCH3 is 2. The van der Waals surface area contributed by atoms with E-state index in [0.717, 1.165) is 4.88 Å². The number of halogens is 1. The normalized spacial score (nSPS) is 11.8. The average molecular weight is 370 g/mol. The maximum atomic E-state index is 11.9. The van der Waals surface area contributed by atoms with Crippen molar-refractivity contribution in [3.8, 4) is 11.5 Å². The molecule has 130 valence electrons. The van der Waals surface area contributed by atoms with Gasteiger partial charge in [0.15, 0.2) is 0 Å². The van der Waals surface area contributed by atoms with Gasteiger partial charge in [0.2, 0.25) is 5.91 Å². The summed E-state index contributed by atoms with van der Waals surface area (Å²) in [6, 6.07) is 8.90. The molecule has 0 bridgehead atoms. The van der Waals surface area contributed by atoms with Gasteiger partial charge in [0, 0.05) is 23.4 Å². The quantitative estimate of drug-likeness (QED) is 0.749. The molecule has 2 N–H and O–H groups in total. The van der Waals surface area contributed by atoms with E-state index in [1.807, 2.05) is 12.1 Å². The fraction of sp³-hybridized carbons (Fsp3) is 0.353. The molecule has 0 saturated heterocycles. The first-order valence-corrected chi connectivity index (χ1v) is 8.64. The molecule has 2 rings (SSSR count). The maximum absolute atomic E-state index is 11.9. The molecule has 0 spiro atoms. The van der Waals surface area contributed by atoms with E-state index in [9.17, 15) is 9.90 Å². The van der Waals surface area contributed by atoms with Crippen LogP contribution in [0, 0.1) is 0 Å². The van der Waals surface area contributed by atoms with Crippen LogP contribution < -0.4 is 14.8 Å². The fourth-order valence-electron chi connectivity index (χ4n) is 2.23. The van der Waals surface area contributed by atoms with E-state index < -0.39 is 6.10 Å². The molecule has 0 aliphatic rings. The number of aliphatic hydroxyl groups excluding tert-OH is 1. The maximum Gasteiger partial charge on any atom is 0.220 e. The first-order chi connectivity index (χ1) is 11.5. The lowest BCUT2D eigenvalue weighted by atomic mass is 10.1. The number of thiophene rings is 1. The van der Waals surface area contributed by atoms with Gasteiger partial charge in [0.1, 0.15) is 11.5 Å². The molecule has 7 heteroatoms. The molecule has 1 heterocycles. The Kier molecular flexibility index (Phi) is 6.90. The Balaban J connectivity index is 1.87. The van der Waals surface area contributed by atoms with Crippen LogP contribution in [-0.2, 0) is 11.2 Å². The Morgan fingerprint density at radius 2 is 2.08 bits per heavy atom. The van der Waals surface area contributed by atoms with Gasteiger partial charge in [-0.2, -0.15) is 0 Å². The fourth-order valence-corrected chi connectivity index (χ4v) is 3.32. The highest BCUT2D eigenvalue weighted by molar-refractivity contribution is 7.16. The lowest BCUT2D eigenvalue weighted by molar-refractivity contribution is -0.121. The number of rotatable bonds is 8. The summed E-state index contributed by atoms with van der Waals surface area (Å²) in [7, 11) is 3.08. The van der Waals surface area contributed by atoms with Crippen LogP contribution in [0.3, 0.4) is 0 Å². The lowest BCUT2D eigenvalue weighted by Gasteiger charge is -2.16. The Hall–Kier alpha value is -1.76. The first kappa shape index (κ1) is 18.6. The summed E-state index contributed by atoms with van der Waals surface area (Å²) in [5, 5.41) is 13.1. The van der Waals surface area contributed by atoms with Gasteiger partial charge in [-0.3, -0.25) is 4.79 Å². The van der Waals surface area contributed by atoms with E-state index in [0.29, 0.717) is 34.2 Å². The van der Waals surface area contributed by atoms with Crippen molar-refractivity contribution >= 4 is 28.8 Å². The number of hydrogen-bond acceptors (Lipinski definition) is 5. The number of benzene rings is 1. The summed E-state index contributed by atoms with van der Waals surface area (Å²) in [5.41, 5.74) is 0.571. The molecule has 0 aliphatic carbocycles. The minimum absolute atomic E-state index is 0.105. The van der Waals surface area contributed by atoms with E-state index in [1.165, 1.54) is 18.4 Å². The number of carbonyl (C=O) groups is 1. The van der Waals surface area contributed by atoms with Gasteiger partial charge in [-0.05, 0) is 36.8 Å². The molecule has 0 unspecified atom stereocenters. The Morgan fingerprint density at radius 1 is 1.29 bits per heavy atom. The van der Waals surface area contributed by atoms with Gasteiger partial charge in [-0.25, -0.2) is 0 Å². The number of nitrogens with one attached hydrogen (secondary N) is 1. The second-order valence-corrected chi connectivity index (χ2v) is 6.93. The molecule has 2 aromatic rings. The molecule has 24 heavy (non-hydrogen) atoms. The molecule has 1 aromatic heterocycles. The predicted molar refractivity (Wildman–Crippen MR) is 95.2 cm³/mol. The number of ether oxygens (including phenoxy) is 2. The molecule has 1 amide bonds. The van der Waals surface area contributed by atoms with Gasteiger partial charge in [-0.15, -0.1) is 11.3 Å². The zero-order valence-electron chi connectivity index (χ0n) is 13.5. The minimum atomic E-state index is -0.879. The summed E-state index contributed by atoms with van der Waals surface area (Å²) in [5.74, 6) is 1.04. The van der Waals surface area contributed by atoms with Crippen molar-refractivity contribution in [1.29, 1.82) is 0 Å². The van der Waals surface area contributed by atoms with Crippen LogP contribution in [0.1, 0.15) is 23.0 Å². The van der Waals surface area contributed by atoms with Gasteiger partial charge in [0.05, 0.1) is 24.7 Å². The standard InChI is InChI=1S/C17H20ClNO4S/c1-22-11-3-6-15(23-2)13(9-11)14(20)10-19-17(21)8-5-12-4-7-16(18)24-12/h3-4,6-7,9,14,20H,5,8,10H2,1-2H3,(H,19,21)/t14-/m1/s1. The van der Waals surface area contributed by atoms with Crippen LogP contribution in [0.5, 0.6) is 11.5 Å². The van der Waals surface area contributed by atoms with E-state index in [4.69, 9.17) is 21.1 Å². The number of hydrogen-bond donors (Lipinski definition) is 2. The Morgan fingerprint density at radius 3 is 2.71 bits per heavy atom. The molecule has 0 aliphatic heterocycles. The Bertz CT molecular complexity index is 689. The van der Waals surface area contributed by atoms with E-state index >= 15 is 0 Å². The summed E-state index contributed by atoms with van der Waals surface area (Å²) in [6.45, 7) is 0.105. The van der Waals surface area contributed by atoms with Crippen LogP contribution in [0.15, 0.2) is 30.3 Å². The topological polar surface area (TPSA) is 67.8 Å². The van der Waals surface area contributed by atoms with Crippen LogP contribution in [0.25, 0.3) is 0 Å². The van der Waals surface area contributed by atoms with E-state index in [-0.39, 0.29) is 12.5 Å². The zero-order valence-corrected chi connectivity index (χ0v) is 15.1. The monoisotopic (exact) mass is 369 g/mol. The summed E-state index contributed by atoms with van der Waals surface area (Å²) in [4.78, 5) is 13.0. The Labute approximate surface area is 150 Å². The summed E-state index contributed by atoms with van der Waals surface area (Å²) in [6.07, 6.45) is 0.0934.